The van der Waals surface area contributed by atoms with Crippen LogP contribution in [0.2, 0.25) is 10.0 Å². The Morgan fingerprint density at radius 2 is 1.88 bits per heavy atom. The number of ether oxygens (including phenoxy) is 2. The average Bonchev–Trinajstić information content (AvgIpc) is 2.60. The average molecular weight is 396 g/mol. The summed E-state index contributed by atoms with van der Waals surface area (Å²) in [6.45, 7) is 5.53. The summed E-state index contributed by atoms with van der Waals surface area (Å²) in [5.74, 6) is 0.950. The Hall–Kier alpha value is -1.75. The third-order valence-corrected chi connectivity index (χ3v) is 4.29. The Kier molecular flexibility index (Phi) is 7.76. The molecule has 0 aromatic heterocycles. The van der Waals surface area contributed by atoms with Crippen LogP contribution in [0, 0.1) is 5.92 Å². The van der Waals surface area contributed by atoms with Gasteiger partial charge in [-0.25, -0.2) is 0 Å². The maximum atomic E-state index is 12.5. The highest BCUT2D eigenvalue weighted by atomic mass is 35.5. The lowest BCUT2D eigenvalue weighted by atomic mass is 10.1. The molecule has 140 valence electrons. The molecule has 0 radical (unpaired) electrons. The number of hydrogen-bond acceptors (Lipinski definition) is 3. The topological polar surface area (TPSA) is 47.6 Å². The molecular formula is C20H23Cl2NO3. The minimum absolute atomic E-state index is 0.191. The molecule has 0 heterocycles. The molecule has 0 unspecified atom stereocenters. The van der Waals surface area contributed by atoms with E-state index in [0.717, 1.165) is 11.1 Å². The SMILES string of the molecule is COc1ccc(C(=O)NCc2ccc(Cl)cc2Cl)cc1COCC(C)C. The summed E-state index contributed by atoms with van der Waals surface area (Å²) in [7, 11) is 1.60. The maximum Gasteiger partial charge on any atom is 0.251 e. The zero-order valence-electron chi connectivity index (χ0n) is 15.1. The van der Waals surface area contributed by atoms with E-state index in [1.54, 1.807) is 43.5 Å². The summed E-state index contributed by atoms with van der Waals surface area (Å²) in [6.07, 6.45) is 0. The molecule has 0 atom stereocenters. The van der Waals surface area contributed by atoms with Crippen LogP contribution in [0.3, 0.4) is 0 Å². The van der Waals surface area contributed by atoms with Crippen molar-refractivity contribution in [3.63, 3.8) is 0 Å². The van der Waals surface area contributed by atoms with Gasteiger partial charge in [0.25, 0.3) is 5.91 Å². The van der Waals surface area contributed by atoms with Gasteiger partial charge in [0.15, 0.2) is 0 Å². The van der Waals surface area contributed by atoms with E-state index in [1.807, 2.05) is 0 Å². The van der Waals surface area contributed by atoms with Crippen LogP contribution in [-0.2, 0) is 17.9 Å². The first kappa shape index (κ1) is 20.6. The molecule has 2 rings (SSSR count). The van der Waals surface area contributed by atoms with Crippen LogP contribution in [0.25, 0.3) is 0 Å². The Labute approximate surface area is 164 Å². The second-order valence-corrected chi connectivity index (χ2v) is 7.20. The van der Waals surface area contributed by atoms with Gasteiger partial charge in [-0.3, -0.25) is 4.79 Å². The first-order chi connectivity index (χ1) is 12.4. The summed E-state index contributed by atoms with van der Waals surface area (Å²) in [6, 6.07) is 10.5. The van der Waals surface area contributed by atoms with E-state index < -0.39 is 0 Å². The first-order valence-corrected chi connectivity index (χ1v) is 9.13. The van der Waals surface area contributed by atoms with Crippen LogP contribution in [0.4, 0.5) is 0 Å². The number of hydrogen-bond donors (Lipinski definition) is 1. The lowest BCUT2D eigenvalue weighted by Gasteiger charge is -2.13. The fraction of sp³-hybridized carbons (Fsp3) is 0.350. The lowest BCUT2D eigenvalue weighted by molar-refractivity contribution is 0.0937. The lowest BCUT2D eigenvalue weighted by Crippen LogP contribution is -2.23. The molecule has 1 amide bonds. The van der Waals surface area contributed by atoms with Gasteiger partial charge < -0.3 is 14.8 Å². The van der Waals surface area contributed by atoms with E-state index in [-0.39, 0.29) is 5.91 Å². The minimum atomic E-state index is -0.191. The summed E-state index contributed by atoms with van der Waals surface area (Å²) >= 11 is 12.0. The van der Waals surface area contributed by atoms with Gasteiger partial charge in [0.05, 0.1) is 13.7 Å². The summed E-state index contributed by atoms with van der Waals surface area (Å²) in [5.41, 5.74) is 2.18. The van der Waals surface area contributed by atoms with Gasteiger partial charge in [0.1, 0.15) is 5.75 Å². The van der Waals surface area contributed by atoms with E-state index in [4.69, 9.17) is 32.7 Å². The second kappa shape index (κ2) is 9.81. The molecule has 0 spiro atoms. The van der Waals surface area contributed by atoms with E-state index in [9.17, 15) is 4.79 Å². The molecule has 0 aliphatic carbocycles. The molecule has 0 fully saturated rings. The Balaban J connectivity index is 2.05. The highest BCUT2D eigenvalue weighted by molar-refractivity contribution is 6.35. The van der Waals surface area contributed by atoms with Crippen molar-refractivity contribution >= 4 is 29.1 Å². The number of carbonyl (C=O) groups excluding carboxylic acids is 1. The number of amides is 1. The molecule has 2 aromatic rings. The van der Waals surface area contributed by atoms with E-state index in [2.05, 4.69) is 19.2 Å². The zero-order chi connectivity index (χ0) is 19.1. The van der Waals surface area contributed by atoms with Crippen molar-refractivity contribution in [2.45, 2.75) is 27.0 Å². The number of halogens is 2. The summed E-state index contributed by atoms with van der Waals surface area (Å²) in [4.78, 5) is 12.5. The highest BCUT2D eigenvalue weighted by Gasteiger charge is 2.11. The van der Waals surface area contributed by atoms with Gasteiger partial charge in [-0.2, -0.15) is 0 Å². The van der Waals surface area contributed by atoms with Crippen LogP contribution in [-0.4, -0.2) is 19.6 Å². The minimum Gasteiger partial charge on any atom is -0.496 e. The van der Waals surface area contributed by atoms with Crippen molar-refractivity contribution in [3.05, 3.63) is 63.1 Å². The van der Waals surface area contributed by atoms with Crippen molar-refractivity contribution in [2.75, 3.05) is 13.7 Å². The molecule has 0 saturated heterocycles. The Morgan fingerprint density at radius 1 is 1.12 bits per heavy atom. The smallest absolute Gasteiger partial charge is 0.251 e. The first-order valence-electron chi connectivity index (χ1n) is 8.37. The molecule has 0 saturated carbocycles. The van der Waals surface area contributed by atoms with Crippen molar-refractivity contribution in [1.82, 2.24) is 5.32 Å². The third-order valence-electron chi connectivity index (χ3n) is 3.71. The predicted octanol–water partition coefficient (Wildman–Crippen LogP) is 5.10. The quantitative estimate of drug-likeness (QED) is 0.675. The zero-order valence-corrected chi connectivity index (χ0v) is 16.7. The van der Waals surface area contributed by atoms with Crippen molar-refractivity contribution in [3.8, 4) is 5.75 Å². The maximum absolute atomic E-state index is 12.5. The second-order valence-electron chi connectivity index (χ2n) is 6.35. The predicted molar refractivity (Wildman–Crippen MR) is 105 cm³/mol. The van der Waals surface area contributed by atoms with E-state index in [0.29, 0.717) is 47.0 Å². The molecule has 0 aliphatic rings. The fourth-order valence-corrected chi connectivity index (χ4v) is 2.86. The van der Waals surface area contributed by atoms with Crippen molar-refractivity contribution < 1.29 is 14.3 Å². The van der Waals surface area contributed by atoms with Crippen LogP contribution >= 0.6 is 23.2 Å². The van der Waals surface area contributed by atoms with Gasteiger partial charge in [0, 0.05) is 34.3 Å². The number of rotatable bonds is 8. The van der Waals surface area contributed by atoms with Crippen LogP contribution < -0.4 is 10.1 Å². The van der Waals surface area contributed by atoms with Gasteiger partial charge in [-0.1, -0.05) is 43.1 Å². The highest BCUT2D eigenvalue weighted by Crippen LogP contribution is 2.23. The van der Waals surface area contributed by atoms with Crippen LogP contribution in [0.15, 0.2) is 36.4 Å². The monoisotopic (exact) mass is 395 g/mol. The molecule has 26 heavy (non-hydrogen) atoms. The Bertz CT molecular complexity index is 763. The van der Waals surface area contributed by atoms with E-state index in [1.165, 1.54) is 0 Å². The summed E-state index contributed by atoms with van der Waals surface area (Å²) < 4.78 is 11.0. The number of carbonyl (C=O) groups is 1. The standard InChI is InChI=1S/C20H23Cl2NO3/c1-13(2)11-26-12-16-8-14(5-7-19(16)25-3)20(24)23-10-15-4-6-17(21)9-18(15)22/h4-9,13H,10-12H2,1-3H3,(H,23,24). The number of methoxy groups -OCH3 is 1. The van der Waals surface area contributed by atoms with Crippen LogP contribution in [0.1, 0.15) is 35.3 Å². The summed E-state index contributed by atoms with van der Waals surface area (Å²) in [5, 5.41) is 3.95. The van der Waals surface area contributed by atoms with Gasteiger partial charge in [-0.15, -0.1) is 0 Å². The van der Waals surface area contributed by atoms with E-state index >= 15 is 0 Å². The third kappa shape index (κ3) is 5.90. The Morgan fingerprint density at radius 3 is 2.54 bits per heavy atom. The van der Waals surface area contributed by atoms with Gasteiger partial charge in [0.2, 0.25) is 0 Å². The largest absolute Gasteiger partial charge is 0.496 e. The van der Waals surface area contributed by atoms with Crippen molar-refractivity contribution in [1.29, 1.82) is 0 Å². The molecule has 6 heteroatoms. The molecule has 0 bridgehead atoms. The molecule has 4 nitrogen and oxygen atoms in total. The molecule has 1 N–H and O–H groups in total. The molecular weight excluding hydrogens is 373 g/mol. The van der Waals surface area contributed by atoms with Crippen LogP contribution in [0.5, 0.6) is 5.75 Å². The normalized spacial score (nSPS) is 10.8. The van der Waals surface area contributed by atoms with Gasteiger partial charge in [-0.05, 0) is 41.8 Å². The number of nitrogens with one attached hydrogen (secondary N) is 1. The molecule has 2 aromatic carbocycles. The van der Waals surface area contributed by atoms with Crippen molar-refractivity contribution in [2.24, 2.45) is 5.92 Å². The number of benzene rings is 2. The van der Waals surface area contributed by atoms with Gasteiger partial charge >= 0.3 is 0 Å². The molecule has 0 aliphatic heterocycles. The fourth-order valence-electron chi connectivity index (χ4n) is 2.38.